The van der Waals surface area contributed by atoms with Crippen molar-refractivity contribution >= 4 is 5.95 Å². The Hall–Kier alpha value is -0.990. The van der Waals surface area contributed by atoms with Crippen LogP contribution in [-0.2, 0) is 6.54 Å². The number of rotatable bonds is 6. The molecule has 1 N–H and O–H groups in total. The molecule has 0 radical (unpaired) electrons. The molecular weight excluding hydrogens is 210 g/mol. The van der Waals surface area contributed by atoms with Crippen LogP contribution in [-0.4, -0.2) is 16.1 Å². The molecule has 2 rings (SSSR count). The molecule has 0 bridgehead atoms. The Balaban J connectivity index is 1.71. The van der Waals surface area contributed by atoms with Gasteiger partial charge in [0, 0.05) is 25.5 Å². The summed E-state index contributed by atoms with van der Waals surface area (Å²) in [5.74, 6) is 1.99. The Morgan fingerprint density at radius 2 is 2.18 bits per heavy atom. The third-order valence-corrected chi connectivity index (χ3v) is 3.74. The Kier molecular flexibility index (Phi) is 4.89. The normalized spacial score (nSPS) is 17.2. The number of aryl methyl sites for hydroxylation is 1. The summed E-state index contributed by atoms with van der Waals surface area (Å²) in [5.41, 5.74) is 0. The van der Waals surface area contributed by atoms with Crippen LogP contribution in [0, 0.1) is 5.92 Å². The van der Waals surface area contributed by atoms with Crippen LogP contribution in [0.5, 0.6) is 0 Å². The summed E-state index contributed by atoms with van der Waals surface area (Å²) in [6.45, 7) is 4.34. The summed E-state index contributed by atoms with van der Waals surface area (Å²) < 4.78 is 2.21. The van der Waals surface area contributed by atoms with E-state index in [0.717, 1.165) is 31.4 Å². The van der Waals surface area contributed by atoms with E-state index in [1.54, 1.807) is 0 Å². The minimum atomic E-state index is 0.950. The number of imidazole rings is 1. The van der Waals surface area contributed by atoms with Crippen LogP contribution in [0.15, 0.2) is 12.4 Å². The van der Waals surface area contributed by atoms with Gasteiger partial charge in [0.25, 0.3) is 0 Å². The molecule has 1 fully saturated rings. The number of hydrogen-bond acceptors (Lipinski definition) is 2. The van der Waals surface area contributed by atoms with Crippen molar-refractivity contribution in [1.29, 1.82) is 0 Å². The third-order valence-electron chi connectivity index (χ3n) is 3.74. The van der Waals surface area contributed by atoms with E-state index >= 15 is 0 Å². The summed E-state index contributed by atoms with van der Waals surface area (Å²) in [6.07, 6.45) is 13.6. The van der Waals surface area contributed by atoms with Gasteiger partial charge in [-0.25, -0.2) is 4.98 Å². The van der Waals surface area contributed by atoms with Gasteiger partial charge in [-0.15, -0.1) is 0 Å². The molecular formula is C14H25N3. The first-order chi connectivity index (χ1) is 8.40. The lowest BCUT2D eigenvalue weighted by Gasteiger charge is -2.21. The maximum atomic E-state index is 4.37. The van der Waals surface area contributed by atoms with E-state index < -0.39 is 0 Å². The average Bonchev–Trinajstić information content (AvgIpc) is 2.79. The lowest BCUT2D eigenvalue weighted by atomic mass is 9.87. The van der Waals surface area contributed by atoms with Crippen LogP contribution in [0.2, 0.25) is 0 Å². The monoisotopic (exact) mass is 235 g/mol. The van der Waals surface area contributed by atoms with Gasteiger partial charge >= 0.3 is 0 Å². The Labute approximate surface area is 105 Å². The van der Waals surface area contributed by atoms with Gasteiger partial charge in [0.05, 0.1) is 0 Å². The lowest BCUT2D eigenvalue weighted by Crippen LogP contribution is -2.14. The van der Waals surface area contributed by atoms with Crippen molar-refractivity contribution in [3.05, 3.63) is 12.4 Å². The fraction of sp³-hybridized carbons (Fsp3) is 0.786. The smallest absolute Gasteiger partial charge is 0.202 e. The molecule has 3 heteroatoms. The Morgan fingerprint density at radius 3 is 2.94 bits per heavy atom. The van der Waals surface area contributed by atoms with Gasteiger partial charge in [-0.2, -0.15) is 0 Å². The molecule has 3 nitrogen and oxygen atoms in total. The van der Waals surface area contributed by atoms with Crippen LogP contribution in [0.1, 0.15) is 51.9 Å². The van der Waals surface area contributed by atoms with Gasteiger partial charge in [0.15, 0.2) is 0 Å². The highest BCUT2D eigenvalue weighted by molar-refractivity contribution is 5.25. The first-order valence-electron chi connectivity index (χ1n) is 7.15. The zero-order valence-corrected chi connectivity index (χ0v) is 11.0. The van der Waals surface area contributed by atoms with Crippen molar-refractivity contribution in [3.8, 4) is 0 Å². The molecule has 0 aliphatic heterocycles. The number of aromatic nitrogens is 2. The van der Waals surface area contributed by atoms with E-state index in [4.69, 9.17) is 0 Å². The molecule has 1 aromatic rings. The molecule has 1 aliphatic rings. The molecule has 17 heavy (non-hydrogen) atoms. The quantitative estimate of drug-likeness (QED) is 0.815. The first kappa shape index (κ1) is 12.5. The molecule has 0 atom stereocenters. The molecule has 0 saturated heterocycles. The summed E-state index contributed by atoms with van der Waals surface area (Å²) in [7, 11) is 0. The van der Waals surface area contributed by atoms with E-state index in [1.165, 1.54) is 38.5 Å². The summed E-state index contributed by atoms with van der Waals surface area (Å²) in [6, 6.07) is 0. The van der Waals surface area contributed by atoms with Crippen LogP contribution in [0.25, 0.3) is 0 Å². The minimum Gasteiger partial charge on any atom is -0.356 e. The number of hydrogen-bond donors (Lipinski definition) is 1. The highest BCUT2D eigenvalue weighted by atomic mass is 15.2. The van der Waals surface area contributed by atoms with E-state index in [-0.39, 0.29) is 0 Å². The molecule has 1 heterocycles. The van der Waals surface area contributed by atoms with Crippen molar-refractivity contribution in [2.45, 2.75) is 58.4 Å². The molecule has 96 valence electrons. The lowest BCUT2D eigenvalue weighted by molar-refractivity contribution is 0.345. The molecule has 1 aromatic heterocycles. The van der Waals surface area contributed by atoms with E-state index in [0.29, 0.717) is 0 Å². The Bertz CT molecular complexity index is 313. The van der Waals surface area contributed by atoms with Gasteiger partial charge in [-0.05, 0) is 18.8 Å². The predicted molar refractivity (Wildman–Crippen MR) is 72.2 cm³/mol. The second-order valence-corrected chi connectivity index (χ2v) is 5.16. The summed E-state index contributed by atoms with van der Waals surface area (Å²) >= 11 is 0. The van der Waals surface area contributed by atoms with Crippen molar-refractivity contribution in [2.24, 2.45) is 5.92 Å². The summed E-state index contributed by atoms with van der Waals surface area (Å²) in [4.78, 5) is 4.37. The molecule has 0 amide bonds. The number of nitrogens with zero attached hydrogens (tertiary/aromatic N) is 2. The van der Waals surface area contributed by atoms with Gasteiger partial charge in [0.1, 0.15) is 0 Å². The van der Waals surface area contributed by atoms with Gasteiger partial charge in [-0.1, -0.05) is 39.0 Å². The zero-order chi connectivity index (χ0) is 11.9. The van der Waals surface area contributed by atoms with Crippen LogP contribution in [0.3, 0.4) is 0 Å². The average molecular weight is 235 g/mol. The molecule has 1 saturated carbocycles. The first-order valence-corrected chi connectivity index (χ1v) is 7.15. The summed E-state index contributed by atoms with van der Waals surface area (Å²) in [5, 5.41) is 3.48. The van der Waals surface area contributed by atoms with E-state index in [2.05, 4.69) is 28.0 Å². The van der Waals surface area contributed by atoms with Gasteiger partial charge < -0.3 is 9.88 Å². The highest BCUT2D eigenvalue weighted by Gasteiger charge is 2.12. The second-order valence-electron chi connectivity index (χ2n) is 5.16. The third kappa shape index (κ3) is 3.76. The standard InChI is InChI=1S/C14H25N3/c1-2-11-17-12-10-16-14(17)15-9-8-13-6-4-3-5-7-13/h10,12-13H,2-9,11H2,1H3,(H,15,16). The van der Waals surface area contributed by atoms with Crippen molar-refractivity contribution in [1.82, 2.24) is 9.55 Å². The SMILES string of the molecule is CCCn1ccnc1NCCC1CCCCC1. The fourth-order valence-corrected chi connectivity index (χ4v) is 2.76. The van der Waals surface area contributed by atoms with Crippen LogP contribution >= 0.6 is 0 Å². The molecule has 1 aliphatic carbocycles. The van der Waals surface area contributed by atoms with Crippen molar-refractivity contribution < 1.29 is 0 Å². The number of nitrogens with one attached hydrogen (secondary N) is 1. The maximum absolute atomic E-state index is 4.37. The van der Waals surface area contributed by atoms with E-state index in [1.807, 2.05) is 6.20 Å². The van der Waals surface area contributed by atoms with Crippen LogP contribution in [0.4, 0.5) is 5.95 Å². The topological polar surface area (TPSA) is 29.9 Å². The zero-order valence-electron chi connectivity index (χ0n) is 11.0. The van der Waals surface area contributed by atoms with E-state index in [9.17, 15) is 0 Å². The maximum Gasteiger partial charge on any atom is 0.202 e. The second kappa shape index (κ2) is 6.67. The van der Waals surface area contributed by atoms with Crippen molar-refractivity contribution in [2.75, 3.05) is 11.9 Å². The molecule has 0 aromatic carbocycles. The predicted octanol–water partition coefficient (Wildman–Crippen LogP) is 3.68. The van der Waals surface area contributed by atoms with Crippen LogP contribution < -0.4 is 5.32 Å². The Morgan fingerprint density at radius 1 is 1.35 bits per heavy atom. The highest BCUT2D eigenvalue weighted by Crippen LogP contribution is 2.26. The van der Waals surface area contributed by atoms with Gasteiger partial charge in [-0.3, -0.25) is 0 Å². The molecule has 0 unspecified atom stereocenters. The molecule has 0 spiro atoms. The largest absolute Gasteiger partial charge is 0.356 e. The fourth-order valence-electron chi connectivity index (χ4n) is 2.76. The number of anilines is 1. The van der Waals surface area contributed by atoms with Gasteiger partial charge in [0.2, 0.25) is 5.95 Å². The minimum absolute atomic E-state index is 0.950. The van der Waals surface area contributed by atoms with Crippen molar-refractivity contribution in [3.63, 3.8) is 0 Å².